The molecule has 0 radical (unpaired) electrons. The fourth-order valence-electron chi connectivity index (χ4n) is 2.65. The van der Waals surface area contributed by atoms with Crippen molar-refractivity contribution in [1.82, 2.24) is 5.32 Å². The zero-order valence-electron chi connectivity index (χ0n) is 11.7. The second-order valence-corrected chi connectivity index (χ2v) is 7.33. The van der Waals surface area contributed by atoms with Crippen molar-refractivity contribution < 1.29 is 4.21 Å². The minimum atomic E-state index is -0.667. The first kappa shape index (κ1) is 15.2. The molecule has 4 unspecified atom stereocenters. The van der Waals surface area contributed by atoms with E-state index in [4.69, 9.17) is 0 Å². The van der Waals surface area contributed by atoms with Gasteiger partial charge in [0.15, 0.2) is 0 Å². The number of hydrogen-bond acceptors (Lipinski definition) is 2. The van der Waals surface area contributed by atoms with Gasteiger partial charge in [-0.05, 0) is 38.1 Å². The maximum atomic E-state index is 11.2. The first-order valence-electron chi connectivity index (χ1n) is 7.19. The minimum absolute atomic E-state index is 0.330. The summed E-state index contributed by atoms with van der Waals surface area (Å²) >= 11 is 0. The standard InChI is InChI=1S/C14H29NOS/c1-4-13-6-5-7-14(9-8-13)15-11-10-12(2)17(3)16/h12-15H,4-11H2,1-3H3. The Bertz CT molecular complexity index is 232. The first-order chi connectivity index (χ1) is 8.13. The Morgan fingerprint density at radius 1 is 1.29 bits per heavy atom. The third kappa shape index (κ3) is 6.01. The average Bonchev–Trinajstić information content (AvgIpc) is 2.54. The van der Waals surface area contributed by atoms with Gasteiger partial charge in [-0.2, -0.15) is 0 Å². The summed E-state index contributed by atoms with van der Waals surface area (Å²) in [7, 11) is -0.667. The number of nitrogens with one attached hydrogen (secondary N) is 1. The molecule has 0 aromatic rings. The van der Waals surface area contributed by atoms with Crippen molar-refractivity contribution >= 4 is 10.8 Å². The Balaban J connectivity index is 2.17. The second-order valence-electron chi connectivity index (χ2n) is 5.53. The highest BCUT2D eigenvalue weighted by Crippen LogP contribution is 2.25. The molecule has 0 aromatic carbocycles. The molecule has 1 fully saturated rings. The molecular formula is C14H29NOS. The van der Waals surface area contributed by atoms with Crippen molar-refractivity contribution in [2.75, 3.05) is 12.8 Å². The van der Waals surface area contributed by atoms with E-state index in [0.29, 0.717) is 11.3 Å². The minimum Gasteiger partial charge on any atom is -0.314 e. The zero-order valence-corrected chi connectivity index (χ0v) is 12.5. The Kier molecular flexibility index (Phi) is 7.36. The van der Waals surface area contributed by atoms with Gasteiger partial charge in [-0.3, -0.25) is 4.21 Å². The number of hydrogen-bond donors (Lipinski definition) is 1. The van der Waals surface area contributed by atoms with E-state index in [1.54, 1.807) is 0 Å². The summed E-state index contributed by atoms with van der Waals surface area (Å²) in [4.78, 5) is 0. The van der Waals surface area contributed by atoms with Crippen molar-refractivity contribution in [3.63, 3.8) is 0 Å². The molecular weight excluding hydrogens is 230 g/mol. The molecule has 1 N–H and O–H groups in total. The Morgan fingerprint density at radius 3 is 2.71 bits per heavy atom. The van der Waals surface area contributed by atoms with Crippen LogP contribution in [0.25, 0.3) is 0 Å². The largest absolute Gasteiger partial charge is 0.314 e. The van der Waals surface area contributed by atoms with Gasteiger partial charge in [-0.25, -0.2) is 0 Å². The molecule has 1 aliphatic rings. The Morgan fingerprint density at radius 2 is 2.06 bits per heavy atom. The molecule has 0 spiro atoms. The monoisotopic (exact) mass is 259 g/mol. The molecule has 0 amide bonds. The quantitative estimate of drug-likeness (QED) is 0.743. The highest BCUT2D eigenvalue weighted by atomic mass is 32.2. The summed E-state index contributed by atoms with van der Waals surface area (Å²) in [6.07, 6.45) is 11.1. The van der Waals surface area contributed by atoms with Gasteiger partial charge < -0.3 is 5.32 Å². The molecule has 0 aliphatic heterocycles. The molecule has 4 atom stereocenters. The lowest BCUT2D eigenvalue weighted by Gasteiger charge is -2.17. The van der Waals surface area contributed by atoms with Crippen LogP contribution < -0.4 is 5.32 Å². The van der Waals surface area contributed by atoms with Gasteiger partial charge in [-0.1, -0.05) is 33.1 Å². The summed E-state index contributed by atoms with van der Waals surface area (Å²) in [5.74, 6) is 0.962. The van der Waals surface area contributed by atoms with Gasteiger partial charge in [0, 0.05) is 28.3 Å². The smallest absolute Gasteiger partial charge is 0.0329 e. The molecule has 1 saturated carbocycles. The summed E-state index contributed by atoms with van der Waals surface area (Å²) in [5, 5.41) is 3.99. The van der Waals surface area contributed by atoms with Crippen LogP contribution in [0.3, 0.4) is 0 Å². The van der Waals surface area contributed by atoms with E-state index in [2.05, 4.69) is 19.2 Å². The lowest BCUT2D eigenvalue weighted by atomic mass is 9.98. The third-order valence-electron chi connectivity index (χ3n) is 4.22. The maximum Gasteiger partial charge on any atom is 0.0329 e. The van der Waals surface area contributed by atoms with Crippen LogP contribution in [0.5, 0.6) is 0 Å². The van der Waals surface area contributed by atoms with Crippen molar-refractivity contribution in [2.45, 2.75) is 70.1 Å². The first-order valence-corrected chi connectivity index (χ1v) is 8.81. The predicted octanol–water partition coefficient (Wildman–Crippen LogP) is 3.09. The topological polar surface area (TPSA) is 29.1 Å². The van der Waals surface area contributed by atoms with Crippen LogP contribution in [-0.4, -0.2) is 28.3 Å². The molecule has 3 heteroatoms. The zero-order chi connectivity index (χ0) is 12.7. The lowest BCUT2D eigenvalue weighted by Crippen LogP contribution is -2.31. The van der Waals surface area contributed by atoms with Crippen LogP contribution in [0, 0.1) is 5.92 Å². The van der Waals surface area contributed by atoms with Crippen molar-refractivity contribution in [1.29, 1.82) is 0 Å². The van der Waals surface area contributed by atoms with Gasteiger partial charge in [0.05, 0.1) is 0 Å². The highest BCUT2D eigenvalue weighted by Gasteiger charge is 2.17. The summed E-state index contributed by atoms with van der Waals surface area (Å²) in [5.41, 5.74) is 0. The lowest BCUT2D eigenvalue weighted by molar-refractivity contribution is 0.424. The molecule has 17 heavy (non-hydrogen) atoms. The van der Waals surface area contributed by atoms with Crippen LogP contribution in [0.4, 0.5) is 0 Å². The Labute approximate surface area is 109 Å². The molecule has 0 aromatic heterocycles. The molecule has 1 rings (SSSR count). The van der Waals surface area contributed by atoms with E-state index in [1.165, 1.54) is 38.5 Å². The van der Waals surface area contributed by atoms with E-state index in [1.807, 2.05) is 6.26 Å². The fourth-order valence-corrected chi connectivity index (χ4v) is 3.10. The van der Waals surface area contributed by atoms with Gasteiger partial charge in [-0.15, -0.1) is 0 Å². The normalized spacial score (nSPS) is 29.6. The van der Waals surface area contributed by atoms with Crippen molar-refractivity contribution in [3.8, 4) is 0 Å². The Hall–Kier alpha value is 0.110. The van der Waals surface area contributed by atoms with E-state index in [-0.39, 0.29) is 0 Å². The van der Waals surface area contributed by atoms with Gasteiger partial charge in [0.2, 0.25) is 0 Å². The van der Waals surface area contributed by atoms with Crippen LogP contribution in [0.15, 0.2) is 0 Å². The maximum absolute atomic E-state index is 11.2. The summed E-state index contributed by atoms with van der Waals surface area (Å²) in [6, 6.07) is 0.712. The van der Waals surface area contributed by atoms with E-state index >= 15 is 0 Å². The van der Waals surface area contributed by atoms with Crippen LogP contribution in [0.1, 0.15) is 58.8 Å². The van der Waals surface area contributed by atoms with E-state index in [9.17, 15) is 4.21 Å². The van der Waals surface area contributed by atoms with E-state index in [0.717, 1.165) is 18.9 Å². The van der Waals surface area contributed by atoms with Crippen LogP contribution in [0.2, 0.25) is 0 Å². The van der Waals surface area contributed by atoms with Crippen LogP contribution in [-0.2, 0) is 10.8 Å². The van der Waals surface area contributed by atoms with Crippen LogP contribution >= 0.6 is 0 Å². The summed E-state index contributed by atoms with van der Waals surface area (Å²) in [6.45, 7) is 5.43. The molecule has 0 saturated heterocycles. The van der Waals surface area contributed by atoms with Gasteiger partial charge in [0.25, 0.3) is 0 Å². The van der Waals surface area contributed by atoms with E-state index < -0.39 is 10.8 Å². The van der Waals surface area contributed by atoms with Gasteiger partial charge >= 0.3 is 0 Å². The van der Waals surface area contributed by atoms with Gasteiger partial charge in [0.1, 0.15) is 0 Å². The summed E-state index contributed by atoms with van der Waals surface area (Å²) < 4.78 is 11.2. The third-order valence-corrected chi connectivity index (χ3v) is 5.59. The predicted molar refractivity (Wildman–Crippen MR) is 76.8 cm³/mol. The molecule has 0 bridgehead atoms. The average molecular weight is 259 g/mol. The molecule has 1 aliphatic carbocycles. The van der Waals surface area contributed by atoms with Crippen molar-refractivity contribution in [3.05, 3.63) is 0 Å². The second kappa shape index (κ2) is 8.25. The highest BCUT2D eigenvalue weighted by molar-refractivity contribution is 7.84. The number of rotatable bonds is 6. The molecule has 2 nitrogen and oxygen atoms in total. The molecule has 0 heterocycles. The van der Waals surface area contributed by atoms with Crippen molar-refractivity contribution in [2.24, 2.45) is 5.92 Å². The fraction of sp³-hybridized carbons (Fsp3) is 1.00. The SMILES string of the molecule is CCC1CCCC(NCCC(C)S(C)=O)CC1. The molecule has 102 valence electrons.